The van der Waals surface area contributed by atoms with Crippen LogP contribution in [0.2, 0.25) is 0 Å². The summed E-state index contributed by atoms with van der Waals surface area (Å²) in [6.07, 6.45) is 9.68. The molecule has 0 aromatic rings. The van der Waals surface area contributed by atoms with E-state index in [9.17, 15) is 19.8 Å². The number of aliphatic hydroxyl groups is 2. The van der Waals surface area contributed by atoms with Crippen molar-refractivity contribution < 1.29 is 19.8 Å². The molecule has 9 atom stereocenters. The molecule has 0 bridgehead atoms. The summed E-state index contributed by atoms with van der Waals surface area (Å²) in [6.45, 7) is 15.0. The van der Waals surface area contributed by atoms with Gasteiger partial charge in [-0.1, -0.05) is 51.8 Å². The Morgan fingerprint density at radius 2 is 1.74 bits per heavy atom. The van der Waals surface area contributed by atoms with Crippen LogP contribution in [0, 0.1) is 45.3 Å². The molecule has 0 heterocycles. The Morgan fingerprint density at radius 1 is 1.06 bits per heavy atom. The number of rotatable bonds is 5. The predicted molar refractivity (Wildman–Crippen MR) is 135 cm³/mol. The minimum absolute atomic E-state index is 0.0229. The monoisotopic (exact) mass is 470 g/mol. The zero-order valence-electron chi connectivity index (χ0n) is 22.4. The number of aliphatic hydroxyl groups excluding tert-OH is 2. The summed E-state index contributed by atoms with van der Waals surface area (Å²) in [4.78, 5) is 25.7. The van der Waals surface area contributed by atoms with Crippen LogP contribution in [0.4, 0.5) is 0 Å². The molecule has 3 saturated carbocycles. The number of carbonyl (C=O) groups is 2. The summed E-state index contributed by atoms with van der Waals surface area (Å²) in [7, 11) is 0. The molecule has 0 saturated heterocycles. The zero-order chi connectivity index (χ0) is 25.3. The normalized spacial score (nSPS) is 45.8. The quantitative estimate of drug-likeness (QED) is 0.309. The second kappa shape index (κ2) is 8.40. The van der Waals surface area contributed by atoms with Gasteiger partial charge in [-0.05, 0) is 87.0 Å². The van der Waals surface area contributed by atoms with Gasteiger partial charge in [0, 0.05) is 23.2 Å². The van der Waals surface area contributed by atoms with Crippen LogP contribution in [-0.4, -0.2) is 34.5 Å². The highest BCUT2D eigenvalue weighted by Gasteiger charge is 2.70. The first kappa shape index (κ1) is 25.8. The summed E-state index contributed by atoms with van der Waals surface area (Å²) >= 11 is 0. The van der Waals surface area contributed by atoms with Gasteiger partial charge >= 0.3 is 0 Å². The van der Waals surface area contributed by atoms with E-state index in [1.807, 2.05) is 19.9 Å². The SMILES string of the molecule is CC(C)=CC(=O)C[C@@H](C)[C@H]1CC[C@@]2(C)[C@@H]3[C@H](O)C=C4[C@@H](CC[C@H](O)C4(C)C)[C@]3(C=O)CC[C@]12C. The molecule has 34 heavy (non-hydrogen) atoms. The summed E-state index contributed by atoms with van der Waals surface area (Å²) in [5.41, 5.74) is 0.929. The van der Waals surface area contributed by atoms with Crippen molar-refractivity contribution >= 4 is 12.1 Å². The molecular weight excluding hydrogens is 424 g/mol. The molecule has 4 heteroatoms. The maximum atomic E-state index is 13.1. The molecule has 0 aromatic heterocycles. The van der Waals surface area contributed by atoms with Crippen molar-refractivity contribution in [1.29, 1.82) is 0 Å². The summed E-state index contributed by atoms with van der Waals surface area (Å²) in [5, 5.41) is 22.4. The smallest absolute Gasteiger partial charge is 0.155 e. The molecule has 0 spiro atoms. The minimum Gasteiger partial charge on any atom is -0.392 e. The zero-order valence-corrected chi connectivity index (χ0v) is 22.4. The average Bonchev–Trinajstić information content (AvgIpc) is 3.01. The lowest BCUT2D eigenvalue weighted by molar-refractivity contribution is -0.182. The molecule has 0 aliphatic heterocycles. The van der Waals surface area contributed by atoms with Crippen molar-refractivity contribution in [3.8, 4) is 0 Å². The van der Waals surface area contributed by atoms with Crippen molar-refractivity contribution in [2.75, 3.05) is 0 Å². The van der Waals surface area contributed by atoms with Crippen LogP contribution >= 0.6 is 0 Å². The maximum Gasteiger partial charge on any atom is 0.155 e. The first-order valence-corrected chi connectivity index (χ1v) is 13.5. The van der Waals surface area contributed by atoms with Gasteiger partial charge in [-0.2, -0.15) is 0 Å². The third-order valence-corrected chi connectivity index (χ3v) is 11.3. The molecule has 2 N–H and O–H groups in total. The number of allylic oxidation sites excluding steroid dienone is 2. The Labute approximate surface area is 206 Å². The molecule has 3 fully saturated rings. The van der Waals surface area contributed by atoms with Crippen molar-refractivity contribution in [2.24, 2.45) is 45.3 Å². The summed E-state index contributed by atoms with van der Waals surface area (Å²) < 4.78 is 0. The highest BCUT2D eigenvalue weighted by molar-refractivity contribution is 5.90. The fourth-order valence-corrected chi connectivity index (χ4v) is 9.39. The fraction of sp³-hybridized carbons (Fsp3) is 0.800. The van der Waals surface area contributed by atoms with Gasteiger partial charge < -0.3 is 15.0 Å². The highest BCUT2D eigenvalue weighted by Crippen LogP contribution is 2.74. The molecule has 0 radical (unpaired) electrons. The molecule has 4 aliphatic rings. The molecule has 0 unspecified atom stereocenters. The van der Waals surface area contributed by atoms with Crippen LogP contribution in [0.3, 0.4) is 0 Å². The van der Waals surface area contributed by atoms with E-state index in [-0.39, 0.29) is 34.4 Å². The Hall–Kier alpha value is -1.26. The Kier molecular flexibility index (Phi) is 6.38. The van der Waals surface area contributed by atoms with Crippen LogP contribution in [0.1, 0.15) is 93.4 Å². The number of ketones is 1. The molecule has 0 aromatic carbocycles. The first-order chi connectivity index (χ1) is 15.7. The van der Waals surface area contributed by atoms with E-state index >= 15 is 0 Å². The molecular formula is C30H46O4. The van der Waals surface area contributed by atoms with Gasteiger partial charge in [0.15, 0.2) is 5.78 Å². The average molecular weight is 471 g/mol. The lowest BCUT2D eigenvalue weighted by atomic mass is 9.38. The van der Waals surface area contributed by atoms with Crippen molar-refractivity contribution in [3.05, 3.63) is 23.3 Å². The Bertz CT molecular complexity index is 911. The number of carbonyl (C=O) groups excluding carboxylic acids is 2. The third kappa shape index (κ3) is 3.45. The van der Waals surface area contributed by atoms with Gasteiger partial charge in [0.05, 0.1) is 12.2 Å². The van der Waals surface area contributed by atoms with Crippen LogP contribution in [0.15, 0.2) is 23.3 Å². The van der Waals surface area contributed by atoms with Crippen LogP contribution < -0.4 is 0 Å². The fourth-order valence-electron chi connectivity index (χ4n) is 9.39. The van der Waals surface area contributed by atoms with Crippen LogP contribution in [0.25, 0.3) is 0 Å². The number of hydrogen-bond donors (Lipinski definition) is 2. The standard InChI is InChI=1S/C30H46O4/c1-18(2)14-20(32)15-19(3)21-10-11-29(7)26-24(33)16-23-22(8-9-25(34)27(23,4)5)30(26,17-31)13-12-28(21,29)6/h14,16-17,19,21-22,24-26,33-34H,8-13,15H2,1-7H3/t19-,21-,22-,24-,25+,26+,28-,29+,30-/m1/s1. The van der Waals surface area contributed by atoms with Crippen molar-refractivity contribution in [1.82, 2.24) is 0 Å². The van der Waals surface area contributed by atoms with E-state index in [0.29, 0.717) is 18.8 Å². The van der Waals surface area contributed by atoms with Crippen molar-refractivity contribution in [3.63, 3.8) is 0 Å². The second-order valence-corrected chi connectivity index (χ2v) is 13.5. The molecule has 0 amide bonds. The molecule has 4 nitrogen and oxygen atoms in total. The molecule has 4 rings (SSSR count). The van der Waals surface area contributed by atoms with Gasteiger partial charge in [-0.3, -0.25) is 4.79 Å². The van der Waals surface area contributed by atoms with E-state index in [1.54, 1.807) is 6.08 Å². The van der Waals surface area contributed by atoms with E-state index < -0.39 is 23.0 Å². The van der Waals surface area contributed by atoms with Crippen molar-refractivity contribution in [2.45, 2.75) is 106 Å². The van der Waals surface area contributed by atoms with Gasteiger partial charge in [0.25, 0.3) is 0 Å². The molecule has 4 aliphatic carbocycles. The summed E-state index contributed by atoms with van der Waals surface area (Å²) in [6, 6.07) is 0. The Morgan fingerprint density at radius 3 is 2.35 bits per heavy atom. The topological polar surface area (TPSA) is 74.6 Å². The number of hydrogen-bond acceptors (Lipinski definition) is 4. The van der Waals surface area contributed by atoms with Gasteiger partial charge in [-0.15, -0.1) is 0 Å². The van der Waals surface area contributed by atoms with E-state index in [0.717, 1.165) is 43.3 Å². The van der Waals surface area contributed by atoms with Crippen LogP contribution in [-0.2, 0) is 9.59 Å². The second-order valence-electron chi connectivity index (χ2n) is 13.5. The van der Waals surface area contributed by atoms with Gasteiger partial charge in [0.1, 0.15) is 6.29 Å². The van der Waals surface area contributed by atoms with E-state index in [1.165, 1.54) is 6.29 Å². The largest absolute Gasteiger partial charge is 0.392 e. The van der Waals surface area contributed by atoms with E-state index in [2.05, 4.69) is 34.6 Å². The predicted octanol–water partition coefficient (Wildman–Crippen LogP) is 5.66. The number of fused-ring (bicyclic) bond motifs is 5. The highest BCUT2D eigenvalue weighted by atomic mass is 16.3. The van der Waals surface area contributed by atoms with Gasteiger partial charge in [-0.25, -0.2) is 0 Å². The number of aldehydes is 1. The lowest BCUT2D eigenvalue weighted by Gasteiger charge is -2.66. The summed E-state index contributed by atoms with van der Waals surface area (Å²) in [5.74, 6) is 0.847. The lowest BCUT2D eigenvalue weighted by Crippen LogP contribution is -2.64. The molecule has 190 valence electrons. The maximum absolute atomic E-state index is 13.1. The minimum atomic E-state index is -0.688. The van der Waals surface area contributed by atoms with E-state index in [4.69, 9.17) is 0 Å². The van der Waals surface area contributed by atoms with Gasteiger partial charge in [0.2, 0.25) is 0 Å². The first-order valence-electron chi connectivity index (χ1n) is 13.5. The van der Waals surface area contributed by atoms with Crippen LogP contribution in [0.5, 0.6) is 0 Å². The Balaban J connectivity index is 1.72. The third-order valence-electron chi connectivity index (χ3n) is 11.3.